The number of ether oxygens (including phenoxy) is 1. The second-order valence-electron chi connectivity index (χ2n) is 4.73. The molecule has 104 valence electrons. The molecule has 0 bridgehead atoms. The van der Waals surface area contributed by atoms with Gasteiger partial charge in [-0.3, -0.25) is 0 Å². The minimum absolute atomic E-state index is 0.155. The molecule has 1 heterocycles. The van der Waals surface area contributed by atoms with Crippen LogP contribution in [0.15, 0.2) is 4.42 Å². The summed E-state index contributed by atoms with van der Waals surface area (Å²) in [6.45, 7) is 11.2. The zero-order valence-corrected chi connectivity index (χ0v) is 11.7. The highest BCUT2D eigenvalue weighted by Gasteiger charge is 2.09. The summed E-state index contributed by atoms with van der Waals surface area (Å²) in [7, 11) is 0. The normalized spacial score (nSPS) is 12.9. The van der Waals surface area contributed by atoms with E-state index in [1.165, 1.54) is 0 Å². The van der Waals surface area contributed by atoms with E-state index in [0.29, 0.717) is 37.6 Å². The van der Waals surface area contributed by atoms with Gasteiger partial charge in [0.05, 0.1) is 19.2 Å². The smallest absolute Gasteiger partial charge is 0.315 e. The second-order valence-corrected chi connectivity index (χ2v) is 4.73. The van der Waals surface area contributed by atoms with Crippen molar-refractivity contribution in [2.75, 3.05) is 25.1 Å². The molecule has 18 heavy (non-hydrogen) atoms. The van der Waals surface area contributed by atoms with E-state index < -0.39 is 0 Å². The van der Waals surface area contributed by atoms with Crippen molar-refractivity contribution in [2.45, 2.75) is 40.3 Å². The molecule has 0 fully saturated rings. The Labute approximate surface area is 108 Å². The monoisotopic (exact) mass is 256 g/mol. The summed E-state index contributed by atoms with van der Waals surface area (Å²) in [5, 5.41) is 14.3. The zero-order chi connectivity index (χ0) is 13.4. The third kappa shape index (κ3) is 5.97. The molecule has 0 spiro atoms. The highest BCUT2D eigenvalue weighted by atomic mass is 16.5. The number of nitrogens with one attached hydrogen (secondary N) is 2. The van der Waals surface area contributed by atoms with Crippen molar-refractivity contribution in [3.05, 3.63) is 5.89 Å². The second kappa shape index (κ2) is 8.05. The van der Waals surface area contributed by atoms with Gasteiger partial charge in [0, 0.05) is 6.61 Å². The lowest BCUT2D eigenvalue weighted by Gasteiger charge is -2.10. The molecule has 1 atom stereocenters. The van der Waals surface area contributed by atoms with Gasteiger partial charge in [-0.15, -0.1) is 5.10 Å². The van der Waals surface area contributed by atoms with Crippen molar-refractivity contribution in [1.29, 1.82) is 0 Å². The van der Waals surface area contributed by atoms with E-state index in [1.807, 2.05) is 13.8 Å². The van der Waals surface area contributed by atoms with Gasteiger partial charge in [0.1, 0.15) is 0 Å². The predicted octanol–water partition coefficient (Wildman–Crippen LogP) is 1.65. The third-order valence-corrected chi connectivity index (χ3v) is 2.24. The van der Waals surface area contributed by atoms with Crippen LogP contribution in [0.2, 0.25) is 0 Å². The van der Waals surface area contributed by atoms with Gasteiger partial charge in [-0.2, -0.15) is 0 Å². The minimum Gasteiger partial charge on any atom is -0.407 e. The Morgan fingerprint density at radius 2 is 2.06 bits per heavy atom. The van der Waals surface area contributed by atoms with E-state index in [0.717, 1.165) is 6.54 Å². The molecule has 0 saturated carbocycles. The number of hydrogen-bond acceptors (Lipinski definition) is 6. The Bertz CT molecular complexity index is 328. The van der Waals surface area contributed by atoms with Crippen LogP contribution in [0.4, 0.5) is 6.01 Å². The molecule has 0 radical (unpaired) electrons. The van der Waals surface area contributed by atoms with Gasteiger partial charge in [0.25, 0.3) is 0 Å². The lowest BCUT2D eigenvalue weighted by atomic mass is 10.2. The van der Waals surface area contributed by atoms with Crippen LogP contribution in [0.5, 0.6) is 0 Å². The highest BCUT2D eigenvalue weighted by Crippen LogP contribution is 2.07. The molecule has 0 aliphatic carbocycles. The third-order valence-electron chi connectivity index (χ3n) is 2.24. The van der Waals surface area contributed by atoms with Crippen LogP contribution in [-0.4, -0.2) is 36.0 Å². The Hall–Kier alpha value is -1.14. The zero-order valence-electron chi connectivity index (χ0n) is 11.7. The van der Waals surface area contributed by atoms with E-state index in [1.54, 1.807) is 0 Å². The fraction of sp³-hybridized carbons (Fsp3) is 0.833. The summed E-state index contributed by atoms with van der Waals surface area (Å²) in [6.07, 6.45) is 0. The fourth-order valence-corrected chi connectivity index (χ4v) is 1.40. The van der Waals surface area contributed by atoms with Gasteiger partial charge in [0.15, 0.2) is 0 Å². The maximum Gasteiger partial charge on any atom is 0.315 e. The maximum atomic E-state index is 5.46. The molecule has 1 rings (SSSR count). The van der Waals surface area contributed by atoms with Crippen LogP contribution in [-0.2, 0) is 11.3 Å². The summed E-state index contributed by atoms with van der Waals surface area (Å²) in [6, 6.07) is 0.602. The van der Waals surface area contributed by atoms with E-state index >= 15 is 0 Å². The summed E-state index contributed by atoms with van der Waals surface area (Å²) in [4.78, 5) is 0. The first-order valence-corrected chi connectivity index (χ1v) is 6.49. The molecule has 1 unspecified atom stereocenters. The van der Waals surface area contributed by atoms with E-state index in [9.17, 15) is 0 Å². The van der Waals surface area contributed by atoms with E-state index in [2.05, 4.69) is 34.7 Å². The molecule has 6 nitrogen and oxygen atoms in total. The molecule has 1 aromatic heterocycles. The summed E-state index contributed by atoms with van der Waals surface area (Å²) in [5.41, 5.74) is 0. The number of anilines is 1. The number of hydrogen-bond donors (Lipinski definition) is 2. The number of nitrogens with zero attached hydrogens (tertiary/aromatic N) is 2. The molecule has 2 N–H and O–H groups in total. The molecular weight excluding hydrogens is 232 g/mol. The lowest BCUT2D eigenvalue weighted by Crippen LogP contribution is -2.21. The van der Waals surface area contributed by atoms with E-state index in [4.69, 9.17) is 9.15 Å². The first kappa shape index (κ1) is 14.9. The SMILES string of the molecule is CCOCC(C)Nc1nnc(CNCC(C)C)o1. The quantitative estimate of drug-likeness (QED) is 0.700. The summed E-state index contributed by atoms with van der Waals surface area (Å²) < 4.78 is 10.8. The topological polar surface area (TPSA) is 72.2 Å². The van der Waals surface area contributed by atoms with Crippen LogP contribution in [0.1, 0.15) is 33.6 Å². The fourth-order valence-electron chi connectivity index (χ4n) is 1.40. The van der Waals surface area contributed by atoms with Crippen molar-refractivity contribution in [3.63, 3.8) is 0 Å². The van der Waals surface area contributed by atoms with Crippen molar-refractivity contribution >= 4 is 6.01 Å². The first-order valence-electron chi connectivity index (χ1n) is 6.49. The standard InChI is InChI=1S/C12H24N4O2/c1-5-17-8-10(4)14-12-16-15-11(18-12)7-13-6-9(2)3/h9-10,13H,5-8H2,1-4H3,(H,14,16). The van der Waals surface area contributed by atoms with E-state index in [-0.39, 0.29) is 6.04 Å². The molecule has 0 aromatic carbocycles. The maximum absolute atomic E-state index is 5.46. The Balaban J connectivity index is 2.29. The molecule has 1 aromatic rings. The van der Waals surface area contributed by atoms with Gasteiger partial charge in [-0.05, 0) is 26.3 Å². The average molecular weight is 256 g/mol. The van der Waals surface area contributed by atoms with Crippen molar-refractivity contribution < 1.29 is 9.15 Å². The van der Waals surface area contributed by atoms with Gasteiger partial charge < -0.3 is 19.8 Å². The van der Waals surface area contributed by atoms with Gasteiger partial charge in [-0.25, -0.2) is 0 Å². The largest absolute Gasteiger partial charge is 0.407 e. The molecule has 0 aliphatic heterocycles. The molecule has 0 aliphatic rings. The highest BCUT2D eigenvalue weighted by molar-refractivity contribution is 5.18. The molecule has 0 saturated heterocycles. The molecular formula is C12H24N4O2. The van der Waals surface area contributed by atoms with Crippen molar-refractivity contribution in [1.82, 2.24) is 15.5 Å². The van der Waals surface area contributed by atoms with Crippen LogP contribution in [0.3, 0.4) is 0 Å². The van der Waals surface area contributed by atoms with Crippen LogP contribution in [0, 0.1) is 5.92 Å². The van der Waals surface area contributed by atoms with Crippen LogP contribution < -0.4 is 10.6 Å². The van der Waals surface area contributed by atoms with Crippen LogP contribution >= 0.6 is 0 Å². The average Bonchev–Trinajstić information content (AvgIpc) is 2.73. The van der Waals surface area contributed by atoms with Gasteiger partial charge in [0.2, 0.25) is 5.89 Å². The van der Waals surface area contributed by atoms with Crippen LogP contribution in [0.25, 0.3) is 0 Å². The Morgan fingerprint density at radius 3 is 2.72 bits per heavy atom. The van der Waals surface area contributed by atoms with Gasteiger partial charge >= 0.3 is 6.01 Å². The molecule has 6 heteroatoms. The Kier molecular flexibility index (Phi) is 6.67. The van der Waals surface area contributed by atoms with Crippen molar-refractivity contribution in [2.24, 2.45) is 5.92 Å². The summed E-state index contributed by atoms with van der Waals surface area (Å²) >= 11 is 0. The number of rotatable bonds is 9. The Morgan fingerprint density at radius 1 is 1.28 bits per heavy atom. The van der Waals surface area contributed by atoms with Crippen molar-refractivity contribution in [3.8, 4) is 0 Å². The lowest BCUT2D eigenvalue weighted by molar-refractivity contribution is 0.140. The molecule has 0 amide bonds. The minimum atomic E-state index is 0.155. The first-order chi connectivity index (χ1) is 8.61. The number of aromatic nitrogens is 2. The van der Waals surface area contributed by atoms with Gasteiger partial charge in [-0.1, -0.05) is 18.9 Å². The summed E-state index contributed by atoms with van der Waals surface area (Å²) in [5.74, 6) is 1.21. The predicted molar refractivity (Wildman–Crippen MR) is 70.4 cm³/mol.